The SMILES string of the molecule is CCOC(=O)c1ccc(-n2cncn2)nc1Cl. The fourth-order valence-corrected chi connectivity index (χ4v) is 1.47. The molecule has 0 radical (unpaired) electrons. The second-order valence-corrected chi connectivity index (χ2v) is 3.43. The molecule has 0 unspecified atom stereocenters. The molecule has 7 heteroatoms. The van der Waals surface area contributed by atoms with Crippen LogP contribution in [0, 0.1) is 0 Å². The van der Waals surface area contributed by atoms with Gasteiger partial charge in [-0.05, 0) is 19.1 Å². The summed E-state index contributed by atoms with van der Waals surface area (Å²) in [7, 11) is 0. The minimum absolute atomic E-state index is 0.0800. The quantitative estimate of drug-likeness (QED) is 0.611. The zero-order chi connectivity index (χ0) is 12.3. The molecular formula is C10H9ClN4O2. The van der Waals surface area contributed by atoms with Crippen LogP contribution in [0.4, 0.5) is 0 Å². The molecule has 0 saturated heterocycles. The van der Waals surface area contributed by atoms with Gasteiger partial charge in [-0.1, -0.05) is 11.6 Å². The summed E-state index contributed by atoms with van der Waals surface area (Å²) >= 11 is 5.90. The van der Waals surface area contributed by atoms with Gasteiger partial charge in [0.15, 0.2) is 5.82 Å². The highest BCUT2D eigenvalue weighted by molar-refractivity contribution is 6.32. The van der Waals surface area contributed by atoms with Crippen LogP contribution in [-0.2, 0) is 4.74 Å². The average molecular weight is 253 g/mol. The molecule has 0 aliphatic heterocycles. The van der Waals surface area contributed by atoms with Crippen LogP contribution in [0.1, 0.15) is 17.3 Å². The summed E-state index contributed by atoms with van der Waals surface area (Å²) < 4.78 is 6.29. The first kappa shape index (κ1) is 11.5. The monoisotopic (exact) mass is 252 g/mol. The molecule has 2 heterocycles. The molecule has 0 aromatic carbocycles. The number of esters is 1. The standard InChI is InChI=1S/C10H9ClN4O2/c1-2-17-10(16)7-3-4-8(14-9(7)11)15-6-12-5-13-15/h3-6H,2H2,1H3. The molecule has 0 bridgehead atoms. The van der Waals surface area contributed by atoms with Crippen molar-refractivity contribution in [1.82, 2.24) is 19.7 Å². The van der Waals surface area contributed by atoms with Crippen molar-refractivity contribution in [3.8, 4) is 5.82 Å². The molecule has 0 N–H and O–H groups in total. The fourth-order valence-electron chi connectivity index (χ4n) is 1.24. The van der Waals surface area contributed by atoms with E-state index < -0.39 is 5.97 Å². The molecular weight excluding hydrogens is 244 g/mol. The number of carbonyl (C=O) groups is 1. The zero-order valence-corrected chi connectivity index (χ0v) is 9.76. The third-order valence-electron chi connectivity index (χ3n) is 1.98. The normalized spacial score (nSPS) is 10.2. The van der Waals surface area contributed by atoms with Crippen molar-refractivity contribution in [2.75, 3.05) is 6.61 Å². The van der Waals surface area contributed by atoms with Gasteiger partial charge in [-0.15, -0.1) is 0 Å². The van der Waals surface area contributed by atoms with Gasteiger partial charge in [0, 0.05) is 0 Å². The van der Waals surface area contributed by atoms with Gasteiger partial charge in [-0.2, -0.15) is 5.10 Å². The lowest BCUT2D eigenvalue weighted by atomic mass is 10.3. The molecule has 0 spiro atoms. The van der Waals surface area contributed by atoms with Crippen LogP contribution in [0.2, 0.25) is 5.15 Å². The Bertz CT molecular complexity index is 527. The second kappa shape index (κ2) is 4.92. The number of aromatic nitrogens is 4. The largest absolute Gasteiger partial charge is 0.462 e. The summed E-state index contributed by atoms with van der Waals surface area (Å²) in [6.07, 6.45) is 2.87. The number of hydrogen-bond acceptors (Lipinski definition) is 5. The summed E-state index contributed by atoms with van der Waals surface area (Å²) in [6.45, 7) is 2.02. The number of halogens is 1. The summed E-state index contributed by atoms with van der Waals surface area (Å²) in [5, 5.41) is 3.99. The van der Waals surface area contributed by atoms with Crippen molar-refractivity contribution >= 4 is 17.6 Å². The Labute approximate surface area is 102 Å². The third-order valence-corrected chi connectivity index (χ3v) is 2.27. The van der Waals surface area contributed by atoms with E-state index in [0.29, 0.717) is 12.4 Å². The molecule has 2 aromatic rings. The van der Waals surface area contributed by atoms with E-state index in [-0.39, 0.29) is 10.7 Å². The van der Waals surface area contributed by atoms with Crippen molar-refractivity contribution in [2.45, 2.75) is 6.92 Å². The number of hydrogen-bond donors (Lipinski definition) is 0. The first-order valence-electron chi connectivity index (χ1n) is 4.91. The van der Waals surface area contributed by atoms with Gasteiger partial charge >= 0.3 is 5.97 Å². The molecule has 0 aliphatic carbocycles. The molecule has 0 aliphatic rings. The molecule has 2 aromatic heterocycles. The van der Waals surface area contributed by atoms with E-state index in [9.17, 15) is 4.79 Å². The van der Waals surface area contributed by atoms with Gasteiger partial charge in [0.05, 0.1) is 12.2 Å². The van der Waals surface area contributed by atoms with Gasteiger partial charge < -0.3 is 4.74 Å². The van der Waals surface area contributed by atoms with Crippen molar-refractivity contribution in [3.63, 3.8) is 0 Å². The molecule has 0 fully saturated rings. The van der Waals surface area contributed by atoms with E-state index in [4.69, 9.17) is 16.3 Å². The summed E-state index contributed by atoms with van der Waals surface area (Å²) in [5.74, 6) is -0.00399. The highest BCUT2D eigenvalue weighted by Crippen LogP contribution is 2.16. The van der Waals surface area contributed by atoms with Gasteiger partial charge in [-0.25, -0.2) is 19.4 Å². The minimum Gasteiger partial charge on any atom is -0.462 e. The average Bonchev–Trinajstić information content (AvgIpc) is 2.82. The summed E-state index contributed by atoms with van der Waals surface area (Å²) in [4.78, 5) is 19.3. The van der Waals surface area contributed by atoms with E-state index in [2.05, 4.69) is 15.1 Å². The Morgan fingerprint density at radius 2 is 2.35 bits per heavy atom. The van der Waals surface area contributed by atoms with Crippen molar-refractivity contribution in [3.05, 3.63) is 35.5 Å². The highest BCUT2D eigenvalue weighted by atomic mass is 35.5. The van der Waals surface area contributed by atoms with Crippen LogP contribution in [0.25, 0.3) is 5.82 Å². The van der Waals surface area contributed by atoms with Gasteiger partial charge in [0.25, 0.3) is 0 Å². The maximum atomic E-state index is 11.5. The third kappa shape index (κ3) is 2.42. The van der Waals surface area contributed by atoms with Gasteiger partial charge in [0.1, 0.15) is 17.8 Å². The second-order valence-electron chi connectivity index (χ2n) is 3.07. The van der Waals surface area contributed by atoms with Crippen molar-refractivity contribution in [1.29, 1.82) is 0 Å². The first-order chi connectivity index (χ1) is 8.22. The van der Waals surface area contributed by atoms with Crippen LogP contribution >= 0.6 is 11.6 Å². The maximum absolute atomic E-state index is 11.5. The number of rotatable bonds is 3. The fraction of sp³-hybridized carbons (Fsp3) is 0.200. The predicted octanol–water partition coefficient (Wildman–Crippen LogP) is 1.49. The topological polar surface area (TPSA) is 69.9 Å². The maximum Gasteiger partial charge on any atom is 0.341 e. The molecule has 88 valence electrons. The van der Waals surface area contributed by atoms with Gasteiger partial charge in [0.2, 0.25) is 0 Å². The molecule has 6 nitrogen and oxygen atoms in total. The van der Waals surface area contributed by atoms with E-state index in [1.807, 2.05) is 0 Å². The Hall–Kier alpha value is -1.95. The Morgan fingerprint density at radius 3 is 2.94 bits per heavy atom. The van der Waals surface area contributed by atoms with Crippen LogP contribution in [-0.4, -0.2) is 32.3 Å². The Morgan fingerprint density at radius 1 is 1.53 bits per heavy atom. The van der Waals surface area contributed by atoms with Crippen molar-refractivity contribution < 1.29 is 9.53 Å². The van der Waals surface area contributed by atoms with E-state index >= 15 is 0 Å². The Kier molecular flexibility index (Phi) is 3.34. The molecule has 0 atom stereocenters. The smallest absolute Gasteiger partial charge is 0.341 e. The summed E-state index contributed by atoms with van der Waals surface area (Å²) in [5.41, 5.74) is 0.234. The lowest BCUT2D eigenvalue weighted by Gasteiger charge is -2.05. The molecule has 0 amide bonds. The van der Waals surface area contributed by atoms with Gasteiger partial charge in [-0.3, -0.25) is 0 Å². The minimum atomic E-state index is -0.491. The lowest BCUT2D eigenvalue weighted by Crippen LogP contribution is -2.08. The predicted molar refractivity (Wildman–Crippen MR) is 60.1 cm³/mol. The first-order valence-corrected chi connectivity index (χ1v) is 5.29. The number of carbonyl (C=O) groups excluding carboxylic acids is 1. The summed E-state index contributed by atoms with van der Waals surface area (Å²) in [6, 6.07) is 3.16. The van der Waals surface area contributed by atoms with E-state index in [0.717, 1.165) is 0 Å². The van der Waals surface area contributed by atoms with Crippen molar-refractivity contribution in [2.24, 2.45) is 0 Å². The van der Waals surface area contributed by atoms with E-state index in [1.54, 1.807) is 19.1 Å². The van der Waals surface area contributed by atoms with Crippen LogP contribution < -0.4 is 0 Å². The zero-order valence-electron chi connectivity index (χ0n) is 9.00. The molecule has 17 heavy (non-hydrogen) atoms. The van der Waals surface area contributed by atoms with Crippen LogP contribution in [0.15, 0.2) is 24.8 Å². The number of nitrogens with zero attached hydrogens (tertiary/aromatic N) is 4. The molecule has 0 saturated carbocycles. The Balaban J connectivity index is 2.32. The number of ether oxygens (including phenoxy) is 1. The van der Waals surface area contributed by atoms with E-state index in [1.165, 1.54) is 17.3 Å². The van der Waals surface area contributed by atoms with Crippen LogP contribution in [0.3, 0.4) is 0 Å². The highest BCUT2D eigenvalue weighted by Gasteiger charge is 2.13. The molecule has 2 rings (SSSR count). The lowest BCUT2D eigenvalue weighted by molar-refractivity contribution is 0.0526. The van der Waals surface area contributed by atoms with Crippen LogP contribution in [0.5, 0.6) is 0 Å². The number of pyridine rings is 1.